The lowest BCUT2D eigenvalue weighted by molar-refractivity contribution is 0.0857. The quantitative estimate of drug-likeness (QED) is 0.837. The van der Waals surface area contributed by atoms with Crippen molar-refractivity contribution in [1.29, 1.82) is 0 Å². The van der Waals surface area contributed by atoms with E-state index >= 15 is 0 Å². The summed E-state index contributed by atoms with van der Waals surface area (Å²) >= 11 is 0. The van der Waals surface area contributed by atoms with Crippen LogP contribution < -0.4 is 9.62 Å². The number of fused-ring (bicyclic) bond motifs is 1. The molecule has 28 heavy (non-hydrogen) atoms. The van der Waals surface area contributed by atoms with Crippen molar-refractivity contribution < 1.29 is 17.9 Å². The fourth-order valence-corrected chi connectivity index (χ4v) is 5.67. The number of ether oxygens (including phenoxy) is 1. The smallest absolute Gasteiger partial charge is 0.264 e. The Balaban J connectivity index is 1.57. The Kier molecular flexibility index (Phi) is 5.12. The maximum atomic E-state index is 13.3. The number of nitrogens with one attached hydrogen (secondary N) is 1. The van der Waals surface area contributed by atoms with Crippen LogP contribution in [-0.2, 0) is 21.2 Å². The standard InChI is InChI=1S/C21H24N2O4S/c1-15-12-16-6-2-3-10-20(16)23(15)28(25,26)19-9-4-7-17(13-19)21(24)22-14-18-8-5-11-27-18/h2-4,6-7,9-10,13,15,18H,5,8,11-12,14H2,1H3,(H,22,24)/t15-,18-/m1/s1. The number of anilines is 1. The Morgan fingerprint density at radius 2 is 2.04 bits per heavy atom. The van der Waals surface area contributed by atoms with Gasteiger partial charge in [-0.3, -0.25) is 9.10 Å². The molecule has 2 aliphatic rings. The average molecular weight is 401 g/mol. The summed E-state index contributed by atoms with van der Waals surface area (Å²) in [5, 5.41) is 2.84. The summed E-state index contributed by atoms with van der Waals surface area (Å²) in [7, 11) is -3.76. The van der Waals surface area contributed by atoms with Crippen molar-refractivity contribution in [1.82, 2.24) is 5.32 Å². The van der Waals surface area contributed by atoms with Crippen molar-refractivity contribution in [2.24, 2.45) is 0 Å². The van der Waals surface area contributed by atoms with E-state index in [1.165, 1.54) is 10.4 Å². The summed E-state index contributed by atoms with van der Waals surface area (Å²) < 4.78 is 33.6. The molecule has 0 spiro atoms. The largest absolute Gasteiger partial charge is 0.376 e. The molecule has 2 aromatic carbocycles. The molecular formula is C21H24N2O4S. The van der Waals surface area contributed by atoms with E-state index in [1.54, 1.807) is 18.2 Å². The molecule has 0 aromatic heterocycles. The molecular weight excluding hydrogens is 376 g/mol. The third-order valence-electron chi connectivity index (χ3n) is 5.31. The van der Waals surface area contributed by atoms with Crippen molar-refractivity contribution in [2.45, 2.75) is 43.2 Å². The molecule has 4 rings (SSSR count). The van der Waals surface area contributed by atoms with Gasteiger partial charge in [-0.05, 0) is 56.0 Å². The van der Waals surface area contributed by atoms with Crippen LogP contribution in [0.3, 0.4) is 0 Å². The van der Waals surface area contributed by atoms with Gasteiger partial charge in [-0.2, -0.15) is 0 Å². The number of rotatable bonds is 5. The molecule has 2 heterocycles. The van der Waals surface area contributed by atoms with Gasteiger partial charge in [0.1, 0.15) is 0 Å². The van der Waals surface area contributed by atoms with Crippen molar-refractivity contribution >= 4 is 21.6 Å². The van der Waals surface area contributed by atoms with E-state index in [2.05, 4.69) is 5.32 Å². The maximum Gasteiger partial charge on any atom is 0.264 e. The summed E-state index contributed by atoms with van der Waals surface area (Å²) in [5.74, 6) is -0.289. The van der Waals surface area contributed by atoms with E-state index in [0.717, 1.165) is 25.0 Å². The molecule has 7 heteroatoms. The van der Waals surface area contributed by atoms with Crippen LogP contribution in [0, 0.1) is 0 Å². The Hall–Kier alpha value is -2.38. The van der Waals surface area contributed by atoms with Crippen molar-refractivity contribution in [3.05, 3.63) is 59.7 Å². The first-order valence-corrected chi connectivity index (χ1v) is 11.0. The molecule has 1 fully saturated rings. The summed E-state index contributed by atoms with van der Waals surface area (Å²) in [6.07, 6.45) is 2.65. The third-order valence-corrected chi connectivity index (χ3v) is 7.24. The molecule has 1 saturated heterocycles. The van der Waals surface area contributed by atoms with Gasteiger partial charge in [0.25, 0.3) is 15.9 Å². The molecule has 2 aromatic rings. The molecule has 1 amide bonds. The number of carbonyl (C=O) groups is 1. The first-order valence-electron chi connectivity index (χ1n) is 9.59. The zero-order chi connectivity index (χ0) is 19.7. The first kappa shape index (κ1) is 19.0. The van der Waals surface area contributed by atoms with Gasteiger partial charge in [-0.15, -0.1) is 0 Å². The fourth-order valence-electron chi connectivity index (χ4n) is 3.93. The molecule has 1 N–H and O–H groups in total. The molecule has 2 atom stereocenters. The Bertz CT molecular complexity index is 983. The van der Waals surface area contributed by atoms with Gasteiger partial charge in [-0.1, -0.05) is 24.3 Å². The highest BCUT2D eigenvalue weighted by atomic mass is 32.2. The van der Waals surface area contributed by atoms with Crippen LogP contribution in [-0.4, -0.2) is 39.6 Å². The van der Waals surface area contributed by atoms with E-state index in [4.69, 9.17) is 4.74 Å². The lowest BCUT2D eigenvalue weighted by Crippen LogP contribution is -2.36. The van der Waals surface area contributed by atoms with E-state index < -0.39 is 10.0 Å². The number of hydrogen-bond acceptors (Lipinski definition) is 4. The molecule has 0 saturated carbocycles. The highest BCUT2D eigenvalue weighted by Gasteiger charge is 2.36. The van der Waals surface area contributed by atoms with Crippen LogP contribution in [0.2, 0.25) is 0 Å². The average Bonchev–Trinajstić information content (AvgIpc) is 3.32. The third kappa shape index (κ3) is 3.52. The van der Waals surface area contributed by atoms with Gasteiger partial charge in [0.05, 0.1) is 16.7 Å². The van der Waals surface area contributed by atoms with E-state index in [9.17, 15) is 13.2 Å². The van der Waals surface area contributed by atoms with Crippen LogP contribution in [0.4, 0.5) is 5.69 Å². The number of benzene rings is 2. The highest BCUT2D eigenvalue weighted by Crippen LogP contribution is 2.36. The van der Waals surface area contributed by atoms with Gasteiger partial charge in [0, 0.05) is 24.8 Å². The SMILES string of the molecule is C[C@@H]1Cc2ccccc2N1S(=O)(=O)c1cccc(C(=O)NC[C@H]2CCCO2)c1. The predicted molar refractivity (Wildman–Crippen MR) is 107 cm³/mol. The minimum atomic E-state index is -3.76. The van der Waals surface area contributed by atoms with E-state index in [-0.39, 0.29) is 22.9 Å². The first-order chi connectivity index (χ1) is 13.5. The number of sulfonamides is 1. The van der Waals surface area contributed by atoms with Crippen molar-refractivity contribution in [3.8, 4) is 0 Å². The summed E-state index contributed by atoms with van der Waals surface area (Å²) in [4.78, 5) is 12.6. The Labute approximate surface area is 165 Å². The number of hydrogen-bond donors (Lipinski definition) is 1. The number of carbonyl (C=O) groups excluding carboxylic acids is 1. The van der Waals surface area contributed by atoms with Gasteiger partial charge in [0.2, 0.25) is 0 Å². The fraction of sp³-hybridized carbons (Fsp3) is 0.381. The van der Waals surface area contributed by atoms with Crippen molar-refractivity contribution in [3.63, 3.8) is 0 Å². The van der Waals surface area contributed by atoms with Crippen LogP contribution in [0.1, 0.15) is 35.7 Å². The van der Waals surface area contributed by atoms with Crippen molar-refractivity contribution in [2.75, 3.05) is 17.5 Å². The molecule has 0 bridgehead atoms. The van der Waals surface area contributed by atoms with E-state index in [0.29, 0.717) is 24.2 Å². The second kappa shape index (κ2) is 7.56. The number of nitrogens with zero attached hydrogens (tertiary/aromatic N) is 1. The normalized spacial score (nSPS) is 21.5. The van der Waals surface area contributed by atoms with Gasteiger partial charge in [0.15, 0.2) is 0 Å². The van der Waals surface area contributed by atoms with Gasteiger partial charge in [-0.25, -0.2) is 8.42 Å². The maximum absolute atomic E-state index is 13.3. The van der Waals surface area contributed by atoms with Crippen LogP contribution in [0.15, 0.2) is 53.4 Å². The highest BCUT2D eigenvalue weighted by molar-refractivity contribution is 7.92. The molecule has 2 aliphatic heterocycles. The number of para-hydroxylation sites is 1. The zero-order valence-corrected chi connectivity index (χ0v) is 16.6. The predicted octanol–water partition coefficient (Wildman–Crippen LogP) is 2.74. The van der Waals surface area contributed by atoms with Gasteiger partial charge >= 0.3 is 0 Å². The molecule has 148 valence electrons. The van der Waals surface area contributed by atoms with Crippen LogP contribution in [0.25, 0.3) is 0 Å². The lowest BCUT2D eigenvalue weighted by atomic mass is 10.1. The molecule has 0 unspecified atom stereocenters. The van der Waals surface area contributed by atoms with E-state index in [1.807, 2.05) is 31.2 Å². The number of amides is 1. The minimum Gasteiger partial charge on any atom is -0.376 e. The molecule has 6 nitrogen and oxygen atoms in total. The Morgan fingerprint density at radius 1 is 1.21 bits per heavy atom. The lowest BCUT2D eigenvalue weighted by Gasteiger charge is -2.24. The monoisotopic (exact) mass is 400 g/mol. The van der Waals surface area contributed by atoms with Crippen LogP contribution >= 0.6 is 0 Å². The molecule has 0 radical (unpaired) electrons. The second-order valence-corrected chi connectivity index (χ2v) is 9.17. The van der Waals surface area contributed by atoms with Gasteiger partial charge < -0.3 is 10.1 Å². The summed E-state index contributed by atoms with van der Waals surface area (Å²) in [6, 6.07) is 13.6. The summed E-state index contributed by atoms with van der Waals surface area (Å²) in [5.41, 5.74) is 2.06. The zero-order valence-electron chi connectivity index (χ0n) is 15.8. The summed E-state index contributed by atoms with van der Waals surface area (Å²) in [6.45, 7) is 3.06. The van der Waals surface area contributed by atoms with Crippen LogP contribution in [0.5, 0.6) is 0 Å². The minimum absolute atomic E-state index is 0.0396. The topological polar surface area (TPSA) is 75.7 Å². The second-order valence-electron chi connectivity index (χ2n) is 7.36. The molecule has 0 aliphatic carbocycles. The Morgan fingerprint density at radius 3 is 2.82 bits per heavy atom.